The number of allylic oxidation sites excluding steroid dienone is 4. The molecule has 0 aromatic carbocycles. The van der Waals surface area contributed by atoms with Crippen LogP contribution >= 0.6 is 24.4 Å². The Morgan fingerprint density at radius 2 is 1.67 bits per heavy atom. The van der Waals surface area contributed by atoms with Crippen LogP contribution in [0.5, 0.6) is 0 Å². The predicted molar refractivity (Wildman–Crippen MR) is 84.8 cm³/mol. The van der Waals surface area contributed by atoms with Crippen molar-refractivity contribution in [1.82, 2.24) is 10.9 Å². The van der Waals surface area contributed by atoms with E-state index in [-0.39, 0.29) is 0 Å². The van der Waals surface area contributed by atoms with E-state index in [1.54, 1.807) is 26.2 Å². The first-order valence-electron chi connectivity index (χ1n) is 5.42. The fourth-order valence-electron chi connectivity index (χ4n) is 1.09. The zero-order chi connectivity index (χ0) is 14.0. The first-order valence-corrected chi connectivity index (χ1v) is 6.24. The van der Waals surface area contributed by atoms with Crippen LogP contribution in [0.15, 0.2) is 45.9 Å². The molecule has 0 fully saturated rings. The van der Waals surface area contributed by atoms with Gasteiger partial charge >= 0.3 is 0 Å². The molecule has 0 aromatic rings. The predicted octanol–water partition coefficient (Wildman–Crippen LogP) is 2.90. The fourth-order valence-corrected chi connectivity index (χ4v) is 1.56. The molecule has 0 aliphatic carbocycles. The minimum absolute atomic E-state index is 0.602. The molecule has 0 radical (unpaired) electrons. The summed E-state index contributed by atoms with van der Waals surface area (Å²) in [7, 11) is 3.38. The Bertz CT molecular complexity index is 420. The first kappa shape index (κ1) is 16.8. The summed E-state index contributed by atoms with van der Waals surface area (Å²) in [4.78, 5) is 1.27. The largest absolute Gasteiger partial charge is 0.321 e. The first-order chi connectivity index (χ1) is 8.60. The average molecular weight is 282 g/mol. The summed E-state index contributed by atoms with van der Waals surface area (Å²) in [6, 6.07) is 0. The lowest BCUT2D eigenvalue weighted by molar-refractivity contribution is 0.713. The maximum absolute atomic E-state index is 5.26. The molecule has 98 valence electrons. The third-order valence-corrected chi connectivity index (χ3v) is 2.63. The smallest absolute Gasteiger partial charge is 0.0990 e. The molecule has 0 aromatic heterocycles. The van der Waals surface area contributed by atoms with Gasteiger partial charge in [-0.2, -0.15) is 10.2 Å². The number of hydrazine groups is 1. The monoisotopic (exact) mass is 282 g/mol. The molecule has 4 nitrogen and oxygen atoms in total. The topological polar surface area (TPSA) is 48.8 Å². The highest BCUT2D eigenvalue weighted by molar-refractivity contribution is 7.81. The van der Waals surface area contributed by atoms with Crippen LogP contribution in [0.1, 0.15) is 13.8 Å². The number of hydrogen-bond donors (Lipinski definition) is 2. The van der Waals surface area contributed by atoms with Crippen molar-refractivity contribution in [2.45, 2.75) is 13.8 Å². The van der Waals surface area contributed by atoms with E-state index in [0.717, 1.165) is 5.70 Å². The zero-order valence-electron chi connectivity index (χ0n) is 11.0. The summed E-state index contributed by atoms with van der Waals surface area (Å²) < 4.78 is 0. The Labute approximate surface area is 119 Å². The average Bonchev–Trinajstić information content (AvgIpc) is 2.38. The number of azo groups is 1. The van der Waals surface area contributed by atoms with Crippen LogP contribution in [0.25, 0.3) is 0 Å². The standard InChI is InChI=1S/C12H18N4S2/c1-5-9(15-13-3)11(17)7-8-12(18)10(6-2)16-14-4/h5-8,13,15H,1-4H3/b8-7?,9-5+,10-6+,16-14?. The number of nitrogens with zero attached hydrogens (tertiary/aromatic N) is 2. The van der Waals surface area contributed by atoms with Gasteiger partial charge in [-0.3, -0.25) is 0 Å². The van der Waals surface area contributed by atoms with Crippen LogP contribution in [0, 0.1) is 0 Å². The van der Waals surface area contributed by atoms with Gasteiger partial charge in [-0.15, -0.1) is 0 Å². The van der Waals surface area contributed by atoms with Gasteiger partial charge in [-0.1, -0.05) is 36.6 Å². The van der Waals surface area contributed by atoms with Crippen molar-refractivity contribution < 1.29 is 0 Å². The van der Waals surface area contributed by atoms with E-state index in [9.17, 15) is 0 Å². The van der Waals surface area contributed by atoms with E-state index < -0.39 is 0 Å². The zero-order valence-corrected chi connectivity index (χ0v) is 12.7. The molecule has 0 heterocycles. The highest BCUT2D eigenvalue weighted by Crippen LogP contribution is 2.04. The minimum atomic E-state index is 0.602. The van der Waals surface area contributed by atoms with Crippen molar-refractivity contribution in [3.8, 4) is 0 Å². The number of thiocarbonyl (C=S) groups is 2. The van der Waals surface area contributed by atoms with Gasteiger partial charge in [0.05, 0.1) is 21.1 Å². The summed E-state index contributed by atoms with van der Waals surface area (Å²) >= 11 is 10.5. The minimum Gasteiger partial charge on any atom is -0.321 e. The molecule has 0 atom stereocenters. The Morgan fingerprint density at radius 1 is 1.06 bits per heavy atom. The van der Waals surface area contributed by atoms with Crippen LogP contribution in [0.4, 0.5) is 0 Å². The molecule has 18 heavy (non-hydrogen) atoms. The summed E-state index contributed by atoms with van der Waals surface area (Å²) in [6.07, 6.45) is 7.22. The van der Waals surface area contributed by atoms with Crippen LogP contribution in [0.3, 0.4) is 0 Å². The van der Waals surface area contributed by atoms with Crippen LogP contribution < -0.4 is 10.9 Å². The van der Waals surface area contributed by atoms with E-state index in [1.807, 2.05) is 26.0 Å². The van der Waals surface area contributed by atoms with Crippen molar-refractivity contribution in [1.29, 1.82) is 0 Å². The van der Waals surface area contributed by atoms with Crippen molar-refractivity contribution in [2.75, 3.05) is 14.1 Å². The van der Waals surface area contributed by atoms with Gasteiger partial charge in [-0.05, 0) is 26.0 Å². The Morgan fingerprint density at radius 3 is 2.11 bits per heavy atom. The van der Waals surface area contributed by atoms with Crippen molar-refractivity contribution in [2.24, 2.45) is 10.2 Å². The Kier molecular flexibility index (Phi) is 9.08. The molecule has 0 saturated carbocycles. The van der Waals surface area contributed by atoms with E-state index in [4.69, 9.17) is 24.4 Å². The fraction of sp³-hybridized carbons (Fsp3) is 0.333. The highest BCUT2D eigenvalue weighted by atomic mass is 32.1. The molecular weight excluding hydrogens is 264 g/mol. The molecule has 0 saturated heterocycles. The summed E-state index contributed by atoms with van der Waals surface area (Å²) in [5.41, 5.74) is 7.25. The highest BCUT2D eigenvalue weighted by Gasteiger charge is 2.01. The molecule has 0 spiro atoms. The van der Waals surface area contributed by atoms with Crippen LogP contribution in [-0.4, -0.2) is 23.8 Å². The number of nitrogens with one attached hydrogen (secondary N) is 2. The van der Waals surface area contributed by atoms with Crippen molar-refractivity contribution >= 4 is 34.2 Å². The second kappa shape index (κ2) is 9.76. The molecule has 0 unspecified atom stereocenters. The van der Waals surface area contributed by atoms with E-state index >= 15 is 0 Å². The van der Waals surface area contributed by atoms with Gasteiger partial charge in [-0.25, -0.2) is 5.43 Å². The summed E-state index contributed by atoms with van der Waals surface area (Å²) in [5.74, 6) is 0. The molecular formula is C12H18N4S2. The molecule has 0 amide bonds. The van der Waals surface area contributed by atoms with Crippen molar-refractivity contribution in [3.63, 3.8) is 0 Å². The number of rotatable bonds is 7. The molecule has 0 aliphatic heterocycles. The maximum atomic E-state index is 5.26. The SMILES string of the molecule is C/C=C(/N=NC)C(=S)C=CC(=S)/C(=C\C)NNC. The molecule has 2 N–H and O–H groups in total. The molecule has 0 bridgehead atoms. The lowest BCUT2D eigenvalue weighted by atomic mass is 10.2. The normalized spacial score (nSPS) is 13.3. The summed E-state index contributed by atoms with van der Waals surface area (Å²) in [6.45, 7) is 3.77. The Balaban J connectivity index is 4.75. The van der Waals surface area contributed by atoms with Gasteiger partial charge in [0, 0.05) is 14.1 Å². The van der Waals surface area contributed by atoms with Crippen molar-refractivity contribution in [3.05, 3.63) is 35.7 Å². The molecule has 0 aliphatic rings. The van der Waals surface area contributed by atoms with Crippen LogP contribution in [0.2, 0.25) is 0 Å². The van der Waals surface area contributed by atoms with E-state index in [1.165, 1.54) is 0 Å². The van der Waals surface area contributed by atoms with Crippen LogP contribution in [-0.2, 0) is 0 Å². The second-order valence-electron chi connectivity index (χ2n) is 3.11. The molecule has 6 heteroatoms. The van der Waals surface area contributed by atoms with Gasteiger partial charge < -0.3 is 5.43 Å². The molecule has 0 rings (SSSR count). The van der Waals surface area contributed by atoms with Gasteiger partial charge in [0.25, 0.3) is 0 Å². The van der Waals surface area contributed by atoms with Gasteiger partial charge in [0.15, 0.2) is 0 Å². The second-order valence-corrected chi connectivity index (χ2v) is 3.99. The summed E-state index contributed by atoms with van der Waals surface area (Å²) in [5, 5.41) is 7.63. The number of hydrogen-bond acceptors (Lipinski definition) is 6. The Hall–Kier alpha value is -1.24. The van der Waals surface area contributed by atoms with Gasteiger partial charge in [0.1, 0.15) is 0 Å². The lowest BCUT2D eigenvalue weighted by Gasteiger charge is -2.07. The third kappa shape index (κ3) is 5.90. The quantitative estimate of drug-likeness (QED) is 0.326. The third-order valence-electron chi connectivity index (χ3n) is 1.93. The lowest BCUT2D eigenvalue weighted by Crippen LogP contribution is -2.29. The van der Waals surface area contributed by atoms with Gasteiger partial charge in [0.2, 0.25) is 0 Å². The maximum Gasteiger partial charge on any atom is 0.0990 e. The van der Waals surface area contributed by atoms with E-state index in [2.05, 4.69) is 21.1 Å². The van der Waals surface area contributed by atoms with E-state index in [0.29, 0.717) is 15.4 Å².